The van der Waals surface area contributed by atoms with E-state index in [1.165, 1.54) is 34.8 Å². The molecule has 0 amide bonds. The molecule has 4 rings (SSSR count). The molecular weight excluding hydrogens is 300 g/mol. The second-order valence-electron chi connectivity index (χ2n) is 7.12. The number of benzene rings is 1. The van der Waals surface area contributed by atoms with Crippen molar-refractivity contribution in [2.24, 2.45) is 5.41 Å². The van der Waals surface area contributed by atoms with Crippen LogP contribution in [0.3, 0.4) is 0 Å². The molecule has 126 valence electrons. The summed E-state index contributed by atoms with van der Waals surface area (Å²) >= 11 is 0. The van der Waals surface area contributed by atoms with Gasteiger partial charge in [-0.1, -0.05) is 19.1 Å². The monoisotopic (exact) mass is 324 g/mol. The van der Waals surface area contributed by atoms with Gasteiger partial charge in [0, 0.05) is 18.8 Å². The van der Waals surface area contributed by atoms with Crippen molar-refractivity contribution in [3.63, 3.8) is 0 Å². The number of methoxy groups -OCH3 is 1. The number of hydrogen-bond acceptors (Lipinski definition) is 3. The van der Waals surface area contributed by atoms with Crippen LogP contribution < -0.4 is 4.74 Å². The summed E-state index contributed by atoms with van der Waals surface area (Å²) < 4.78 is 11.1. The molecule has 0 radical (unpaired) electrons. The number of allylic oxidation sites excluding steroid dienone is 2. The number of hydrogen-bond donors (Lipinski definition) is 0. The van der Waals surface area contributed by atoms with Crippen molar-refractivity contribution in [2.45, 2.75) is 52.1 Å². The Morgan fingerprint density at radius 2 is 2.17 bits per heavy atom. The molecule has 0 heterocycles. The molecule has 3 nitrogen and oxygen atoms in total. The molecule has 2 atom stereocenters. The largest absolute Gasteiger partial charge is 0.497 e. The van der Waals surface area contributed by atoms with Crippen LogP contribution >= 0.6 is 0 Å². The molecule has 0 bridgehead atoms. The number of esters is 1. The first-order chi connectivity index (χ1) is 11.6. The van der Waals surface area contributed by atoms with Crippen LogP contribution in [0.4, 0.5) is 0 Å². The van der Waals surface area contributed by atoms with Gasteiger partial charge < -0.3 is 9.47 Å². The maximum Gasteiger partial charge on any atom is 0.302 e. The first-order valence-electron chi connectivity index (χ1n) is 8.86. The molecule has 1 aromatic rings. The highest BCUT2D eigenvalue weighted by molar-refractivity contribution is 5.82. The van der Waals surface area contributed by atoms with Gasteiger partial charge in [-0.3, -0.25) is 4.79 Å². The van der Waals surface area contributed by atoms with Gasteiger partial charge in [-0.25, -0.2) is 0 Å². The highest BCUT2D eigenvalue weighted by atomic mass is 16.5. The van der Waals surface area contributed by atoms with Crippen LogP contribution in [0.25, 0.3) is 5.57 Å². The summed E-state index contributed by atoms with van der Waals surface area (Å²) in [6, 6.07) is 6.43. The Labute approximate surface area is 143 Å². The van der Waals surface area contributed by atoms with E-state index in [2.05, 4.69) is 31.2 Å². The summed E-state index contributed by atoms with van der Waals surface area (Å²) in [6.07, 6.45) is 7.31. The Hall–Kier alpha value is -2.03. The highest BCUT2D eigenvalue weighted by Gasteiger charge is 2.50. The van der Waals surface area contributed by atoms with Crippen LogP contribution in [-0.4, -0.2) is 19.2 Å². The molecular formula is C21H24O3. The molecule has 3 aliphatic rings. The van der Waals surface area contributed by atoms with Gasteiger partial charge in [-0.15, -0.1) is 0 Å². The summed E-state index contributed by atoms with van der Waals surface area (Å²) in [4.78, 5) is 11.5. The highest BCUT2D eigenvalue weighted by Crippen LogP contribution is 2.58. The fourth-order valence-corrected chi connectivity index (χ4v) is 4.99. The van der Waals surface area contributed by atoms with Crippen LogP contribution in [0.1, 0.15) is 50.7 Å². The van der Waals surface area contributed by atoms with E-state index in [9.17, 15) is 4.79 Å². The van der Waals surface area contributed by atoms with Gasteiger partial charge in [0.15, 0.2) is 0 Å². The summed E-state index contributed by atoms with van der Waals surface area (Å²) in [5, 5.41) is 0. The lowest BCUT2D eigenvalue weighted by Gasteiger charge is -2.41. The third-order valence-corrected chi connectivity index (χ3v) is 6.14. The minimum atomic E-state index is -0.165. The number of rotatable bonds is 3. The Balaban J connectivity index is 1.72. The van der Waals surface area contributed by atoms with E-state index in [1.807, 2.05) is 0 Å². The number of carbonyl (C=O) groups is 1. The zero-order valence-electron chi connectivity index (χ0n) is 14.6. The molecule has 0 spiro atoms. The fourth-order valence-electron chi connectivity index (χ4n) is 4.99. The van der Waals surface area contributed by atoms with Crippen molar-refractivity contribution < 1.29 is 14.3 Å². The second-order valence-corrected chi connectivity index (χ2v) is 7.12. The van der Waals surface area contributed by atoms with Crippen molar-refractivity contribution in [3.8, 4) is 5.75 Å². The van der Waals surface area contributed by atoms with Gasteiger partial charge in [0.1, 0.15) is 11.9 Å². The van der Waals surface area contributed by atoms with Crippen LogP contribution in [0.15, 0.2) is 35.4 Å². The van der Waals surface area contributed by atoms with E-state index in [1.54, 1.807) is 7.11 Å². The van der Waals surface area contributed by atoms with Crippen molar-refractivity contribution in [3.05, 3.63) is 46.5 Å². The molecule has 0 aromatic heterocycles. The van der Waals surface area contributed by atoms with Crippen LogP contribution in [0.2, 0.25) is 0 Å². The maximum absolute atomic E-state index is 11.5. The van der Waals surface area contributed by atoms with Crippen molar-refractivity contribution in [1.82, 2.24) is 0 Å². The molecule has 1 aromatic carbocycles. The summed E-state index contributed by atoms with van der Waals surface area (Å²) in [6.45, 7) is 3.75. The Kier molecular flexibility index (Phi) is 3.56. The third-order valence-electron chi connectivity index (χ3n) is 6.14. The zero-order valence-corrected chi connectivity index (χ0v) is 14.6. The minimum absolute atomic E-state index is 0.00213. The summed E-state index contributed by atoms with van der Waals surface area (Å²) in [5.74, 6) is 0.759. The lowest BCUT2D eigenvalue weighted by Crippen LogP contribution is -2.38. The average molecular weight is 324 g/mol. The van der Waals surface area contributed by atoms with E-state index in [-0.39, 0.29) is 17.5 Å². The van der Waals surface area contributed by atoms with Crippen LogP contribution in [0, 0.1) is 5.41 Å². The summed E-state index contributed by atoms with van der Waals surface area (Å²) in [7, 11) is 1.72. The molecule has 0 N–H and O–H groups in total. The fraction of sp³-hybridized carbons (Fsp3) is 0.476. The van der Waals surface area contributed by atoms with Crippen molar-refractivity contribution in [2.75, 3.05) is 7.11 Å². The maximum atomic E-state index is 11.5. The molecule has 0 aliphatic heterocycles. The zero-order chi connectivity index (χ0) is 16.9. The van der Waals surface area contributed by atoms with E-state index in [0.717, 1.165) is 37.9 Å². The Morgan fingerprint density at radius 1 is 1.33 bits per heavy atom. The van der Waals surface area contributed by atoms with E-state index in [0.29, 0.717) is 0 Å². The number of ether oxygens (including phenoxy) is 2. The van der Waals surface area contributed by atoms with Crippen molar-refractivity contribution >= 4 is 11.5 Å². The predicted molar refractivity (Wildman–Crippen MR) is 93.8 cm³/mol. The average Bonchev–Trinajstić information content (AvgIpc) is 3.12. The summed E-state index contributed by atoms with van der Waals surface area (Å²) in [5.41, 5.74) is 7.16. The van der Waals surface area contributed by atoms with Gasteiger partial charge in [0.05, 0.1) is 7.11 Å². The van der Waals surface area contributed by atoms with Crippen LogP contribution in [0.5, 0.6) is 5.75 Å². The molecule has 0 fully saturated rings. The van der Waals surface area contributed by atoms with Gasteiger partial charge in [0.25, 0.3) is 0 Å². The van der Waals surface area contributed by atoms with E-state index < -0.39 is 0 Å². The van der Waals surface area contributed by atoms with Crippen LogP contribution in [-0.2, 0) is 16.0 Å². The topological polar surface area (TPSA) is 35.5 Å². The van der Waals surface area contributed by atoms with Gasteiger partial charge in [0.2, 0.25) is 0 Å². The predicted octanol–water partition coefficient (Wildman–Crippen LogP) is 4.46. The smallest absolute Gasteiger partial charge is 0.302 e. The molecule has 3 heteroatoms. The Bertz CT molecular complexity index is 771. The minimum Gasteiger partial charge on any atom is -0.497 e. The first-order valence-corrected chi connectivity index (χ1v) is 8.86. The Morgan fingerprint density at radius 3 is 2.88 bits per heavy atom. The van der Waals surface area contributed by atoms with E-state index >= 15 is 0 Å². The van der Waals surface area contributed by atoms with Crippen molar-refractivity contribution in [1.29, 1.82) is 0 Å². The van der Waals surface area contributed by atoms with Gasteiger partial charge in [-0.05, 0) is 65.7 Å². The molecule has 0 saturated heterocycles. The normalized spacial score (nSPS) is 27.3. The standard InChI is InChI=1S/C21H24O3/c1-4-21-10-9-17-16-6-5-15(23-3)11-14(16)12-18(17)19(21)7-8-20(21)24-13(2)22/h5-7,11,20H,4,8-10,12H2,1-3H3/t20-,21+/m0/s1. The second kappa shape index (κ2) is 5.51. The molecule has 0 saturated carbocycles. The molecule has 0 unspecified atom stereocenters. The first kappa shape index (κ1) is 15.5. The number of carbonyl (C=O) groups excluding carboxylic acids is 1. The SMILES string of the molecule is CC[C@@]12CCC3=C(Cc4cc(OC)ccc43)C1=CC[C@@H]2OC(C)=O. The molecule has 24 heavy (non-hydrogen) atoms. The lowest BCUT2D eigenvalue weighted by molar-refractivity contribution is -0.151. The van der Waals surface area contributed by atoms with Gasteiger partial charge in [-0.2, -0.15) is 0 Å². The molecule has 3 aliphatic carbocycles. The van der Waals surface area contributed by atoms with Gasteiger partial charge >= 0.3 is 5.97 Å². The van der Waals surface area contributed by atoms with E-state index in [4.69, 9.17) is 9.47 Å². The lowest BCUT2D eigenvalue weighted by atomic mass is 9.66. The quantitative estimate of drug-likeness (QED) is 0.770. The third kappa shape index (κ3) is 2.07. The number of fused-ring (bicyclic) bond motifs is 4.